The van der Waals surface area contributed by atoms with Gasteiger partial charge in [0.15, 0.2) is 0 Å². The summed E-state index contributed by atoms with van der Waals surface area (Å²) in [5, 5.41) is 0.676. The average Bonchev–Trinajstić information content (AvgIpc) is 2.89. The van der Waals surface area contributed by atoms with Crippen LogP contribution in [0.1, 0.15) is 23.1 Å². The smallest absolute Gasteiger partial charge is 0.264 e. The first-order chi connectivity index (χ1) is 13.5. The molecule has 0 saturated heterocycles. The third kappa shape index (κ3) is 3.46. The summed E-state index contributed by atoms with van der Waals surface area (Å²) in [6.07, 6.45) is 2.73. The molecule has 1 aliphatic rings. The van der Waals surface area contributed by atoms with Gasteiger partial charge < -0.3 is 0 Å². The van der Waals surface area contributed by atoms with Crippen LogP contribution in [0, 0.1) is 6.92 Å². The summed E-state index contributed by atoms with van der Waals surface area (Å²) in [6.45, 7) is 2.34. The molecular weight excluding hydrogens is 390 g/mol. The maximum absolute atomic E-state index is 13.4. The zero-order valence-corrected chi connectivity index (χ0v) is 17.0. The van der Waals surface area contributed by atoms with E-state index in [0.29, 0.717) is 28.6 Å². The Labute approximate surface area is 170 Å². The van der Waals surface area contributed by atoms with E-state index in [0.717, 1.165) is 22.3 Å². The van der Waals surface area contributed by atoms with E-state index in [1.54, 1.807) is 12.1 Å². The lowest BCUT2D eigenvalue weighted by molar-refractivity contribution is 0.591. The molecule has 0 saturated carbocycles. The predicted molar refractivity (Wildman–Crippen MR) is 115 cm³/mol. The number of sulfonamides is 1. The Morgan fingerprint density at radius 1 is 0.893 bits per heavy atom. The van der Waals surface area contributed by atoms with Gasteiger partial charge in [0.05, 0.1) is 10.6 Å². The van der Waals surface area contributed by atoms with E-state index in [1.807, 2.05) is 67.6 Å². The molecule has 0 unspecified atom stereocenters. The highest BCUT2D eigenvalue weighted by Gasteiger charge is 2.28. The van der Waals surface area contributed by atoms with E-state index in [-0.39, 0.29) is 0 Å². The van der Waals surface area contributed by atoms with Crippen LogP contribution in [0.15, 0.2) is 83.8 Å². The largest absolute Gasteiger partial charge is 0.265 e. The lowest BCUT2D eigenvalue weighted by Gasteiger charge is -2.25. The number of anilines is 1. The van der Waals surface area contributed by atoms with Crippen molar-refractivity contribution < 1.29 is 8.42 Å². The summed E-state index contributed by atoms with van der Waals surface area (Å²) in [4.78, 5) is 0.308. The minimum atomic E-state index is -3.65. The van der Waals surface area contributed by atoms with Crippen LogP contribution in [0.5, 0.6) is 0 Å². The van der Waals surface area contributed by atoms with Crippen LogP contribution in [-0.2, 0) is 10.0 Å². The number of para-hydroxylation sites is 1. The zero-order chi connectivity index (χ0) is 19.7. The minimum absolute atomic E-state index is 0.308. The lowest BCUT2D eigenvalue weighted by Crippen LogP contribution is -2.32. The van der Waals surface area contributed by atoms with Crippen molar-refractivity contribution in [2.75, 3.05) is 10.8 Å². The molecule has 0 spiro atoms. The van der Waals surface area contributed by atoms with Crippen molar-refractivity contribution in [3.05, 3.63) is 101 Å². The lowest BCUT2D eigenvalue weighted by atomic mass is 9.96. The fraction of sp³-hybridized carbons (Fsp3) is 0.130. The van der Waals surface area contributed by atoms with Crippen molar-refractivity contribution in [1.82, 2.24) is 0 Å². The van der Waals surface area contributed by atoms with Gasteiger partial charge in [0, 0.05) is 17.1 Å². The molecular formula is C23H20ClNO2S. The van der Waals surface area contributed by atoms with Gasteiger partial charge in [-0.15, -0.1) is 0 Å². The second-order valence-electron chi connectivity index (χ2n) is 6.82. The number of hydrogen-bond donors (Lipinski definition) is 0. The second-order valence-corrected chi connectivity index (χ2v) is 9.12. The average molecular weight is 410 g/mol. The van der Waals surface area contributed by atoms with E-state index in [4.69, 9.17) is 11.6 Å². The molecule has 0 atom stereocenters. The Bertz CT molecular complexity index is 1130. The van der Waals surface area contributed by atoms with Gasteiger partial charge in [0.1, 0.15) is 0 Å². The van der Waals surface area contributed by atoms with Crippen molar-refractivity contribution in [3.63, 3.8) is 0 Å². The summed E-state index contributed by atoms with van der Waals surface area (Å²) < 4.78 is 28.3. The number of fused-ring (bicyclic) bond motifs is 1. The number of aryl methyl sites for hydroxylation is 1. The fourth-order valence-electron chi connectivity index (χ4n) is 3.47. The molecule has 0 fully saturated rings. The summed E-state index contributed by atoms with van der Waals surface area (Å²) >= 11 is 6.04. The Kier molecular flexibility index (Phi) is 5.00. The van der Waals surface area contributed by atoms with Crippen molar-refractivity contribution in [1.29, 1.82) is 0 Å². The molecule has 3 aromatic carbocycles. The number of hydrogen-bond acceptors (Lipinski definition) is 2. The first-order valence-corrected chi connectivity index (χ1v) is 10.9. The van der Waals surface area contributed by atoms with Crippen LogP contribution in [0.3, 0.4) is 0 Å². The first-order valence-electron chi connectivity index (χ1n) is 9.12. The number of nitrogens with zero attached hydrogens (tertiary/aromatic N) is 1. The molecule has 4 rings (SSSR count). The molecule has 1 heterocycles. The normalized spacial score (nSPS) is 14.2. The maximum Gasteiger partial charge on any atom is 0.264 e. The zero-order valence-electron chi connectivity index (χ0n) is 15.5. The van der Waals surface area contributed by atoms with E-state index in [1.165, 1.54) is 4.31 Å². The summed E-state index contributed by atoms with van der Waals surface area (Å²) in [5.41, 5.74) is 4.67. The highest BCUT2D eigenvalue weighted by atomic mass is 35.5. The second kappa shape index (κ2) is 7.46. The quantitative estimate of drug-likeness (QED) is 0.558. The maximum atomic E-state index is 13.4. The first kappa shape index (κ1) is 18.8. The minimum Gasteiger partial charge on any atom is -0.265 e. The molecule has 0 aromatic heterocycles. The van der Waals surface area contributed by atoms with Crippen LogP contribution in [0.2, 0.25) is 5.02 Å². The van der Waals surface area contributed by atoms with Crippen molar-refractivity contribution in [3.8, 4) is 0 Å². The molecule has 0 radical (unpaired) electrons. The number of rotatable bonds is 3. The van der Waals surface area contributed by atoms with Gasteiger partial charge in [-0.1, -0.05) is 65.7 Å². The van der Waals surface area contributed by atoms with Crippen LogP contribution < -0.4 is 4.31 Å². The van der Waals surface area contributed by atoms with E-state index in [9.17, 15) is 8.42 Å². The number of benzene rings is 3. The highest BCUT2D eigenvalue weighted by Crippen LogP contribution is 2.37. The summed E-state index contributed by atoms with van der Waals surface area (Å²) in [7, 11) is -3.65. The van der Waals surface area contributed by atoms with Crippen molar-refractivity contribution in [2.45, 2.75) is 18.2 Å². The van der Waals surface area contributed by atoms with Gasteiger partial charge in [-0.25, -0.2) is 8.42 Å². The van der Waals surface area contributed by atoms with Crippen LogP contribution >= 0.6 is 11.6 Å². The van der Waals surface area contributed by atoms with Crippen molar-refractivity contribution >= 4 is 32.9 Å². The molecule has 0 bridgehead atoms. The Balaban J connectivity index is 1.82. The van der Waals surface area contributed by atoms with E-state index in [2.05, 4.69) is 6.08 Å². The molecule has 1 aliphatic heterocycles. The molecule has 3 aromatic rings. The molecule has 28 heavy (non-hydrogen) atoms. The molecule has 0 N–H and O–H groups in total. The van der Waals surface area contributed by atoms with E-state index < -0.39 is 10.0 Å². The van der Waals surface area contributed by atoms with E-state index >= 15 is 0 Å². The molecule has 5 heteroatoms. The van der Waals surface area contributed by atoms with Gasteiger partial charge in [-0.3, -0.25) is 4.31 Å². The number of halogens is 1. The van der Waals surface area contributed by atoms with Gasteiger partial charge >= 0.3 is 0 Å². The van der Waals surface area contributed by atoms with Gasteiger partial charge in [-0.05, 0) is 54.8 Å². The van der Waals surface area contributed by atoms with Crippen molar-refractivity contribution in [2.24, 2.45) is 0 Å². The summed E-state index contributed by atoms with van der Waals surface area (Å²) in [6, 6.07) is 22.3. The van der Waals surface area contributed by atoms with Crippen LogP contribution in [-0.4, -0.2) is 15.0 Å². The topological polar surface area (TPSA) is 37.4 Å². The Hall–Kier alpha value is -2.56. The Morgan fingerprint density at radius 2 is 1.57 bits per heavy atom. The SMILES string of the molecule is Cc1ccc(S(=O)(=O)N2CCC=C(c3ccc(Cl)cc3)c3ccccc32)cc1. The highest BCUT2D eigenvalue weighted by molar-refractivity contribution is 7.92. The fourth-order valence-corrected chi connectivity index (χ4v) is 5.09. The van der Waals surface area contributed by atoms with Crippen LogP contribution in [0.4, 0.5) is 5.69 Å². The molecule has 142 valence electrons. The predicted octanol–water partition coefficient (Wildman–Crippen LogP) is 5.68. The monoisotopic (exact) mass is 409 g/mol. The molecule has 3 nitrogen and oxygen atoms in total. The van der Waals surface area contributed by atoms with Gasteiger partial charge in [-0.2, -0.15) is 0 Å². The third-order valence-corrected chi connectivity index (χ3v) is 6.99. The van der Waals surface area contributed by atoms with Gasteiger partial charge in [0.2, 0.25) is 0 Å². The standard InChI is InChI=1S/C23H20ClNO2S/c1-17-8-14-20(15-9-17)28(26,27)25-16-4-6-21(18-10-12-19(24)13-11-18)22-5-2-3-7-23(22)25/h2-3,5-15H,4,16H2,1H3. The summed E-state index contributed by atoms with van der Waals surface area (Å²) in [5.74, 6) is 0. The molecule has 0 amide bonds. The molecule has 0 aliphatic carbocycles. The van der Waals surface area contributed by atoms with Gasteiger partial charge in [0.25, 0.3) is 10.0 Å². The van der Waals surface area contributed by atoms with Crippen LogP contribution in [0.25, 0.3) is 5.57 Å². The third-order valence-electron chi connectivity index (χ3n) is 4.91. The Morgan fingerprint density at radius 3 is 2.29 bits per heavy atom.